The first-order valence-corrected chi connectivity index (χ1v) is 7.44. The molecular weight excluding hydrogens is 266 g/mol. The molecule has 1 atom stereocenters. The summed E-state index contributed by atoms with van der Waals surface area (Å²) in [5.74, 6) is -0.534. The average Bonchev–Trinajstić information content (AvgIpc) is 2.38. The molecule has 3 N–H and O–H groups in total. The number of nitrogens with two attached hydrogens (primary N) is 1. The SMILES string of the molecule is CN(C)S(=O)(=O)CCNC(=O)C(N)c1ccccc1. The zero-order valence-electron chi connectivity index (χ0n) is 11.0. The fourth-order valence-electron chi connectivity index (χ4n) is 1.41. The number of carbonyl (C=O) groups is 1. The van der Waals surface area contributed by atoms with Gasteiger partial charge in [0.05, 0.1) is 5.75 Å². The molecule has 0 spiro atoms. The molecule has 0 bridgehead atoms. The van der Waals surface area contributed by atoms with Gasteiger partial charge in [0, 0.05) is 20.6 Å². The lowest BCUT2D eigenvalue weighted by Crippen LogP contribution is -2.38. The lowest BCUT2D eigenvalue weighted by molar-refractivity contribution is -0.122. The Morgan fingerprint density at radius 1 is 1.32 bits per heavy atom. The van der Waals surface area contributed by atoms with Crippen LogP contribution in [0.25, 0.3) is 0 Å². The van der Waals surface area contributed by atoms with Crippen molar-refractivity contribution in [3.05, 3.63) is 35.9 Å². The van der Waals surface area contributed by atoms with Crippen molar-refractivity contribution in [1.29, 1.82) is 0 Å². The van der Waals surface area contributed by atoms with Crippen molar-refractivity contribution in [1.82, 2.24) is 9.62 Å². The van der Waals surface area contributed by atoms with Gasteiger partial charge in [0.15, 0.2) is 0 Å². The molecule has 1 amide bonds. The van der Waals surface area contributed by atoms with Crippen LogP contribution in [0.15, 0.2) is 30.3 Å². The van der Waals surface area contributed by atoms with E-state index in [-0.39, 0.29) is 18.2 Å². The standard InChI is InChI=1S/C12H19N3O3S/c1-15(2)19(17,18)9-8-14-12(16)11(13)10-6-4-3-5-7-10/h3-7,11H,8-9,13H2,1-2H3,(H,14,16). The van der Waals surface area contributed by atoms with Crippen molar-refractivity contribution in [2.24, 2.45) is 5.73 Å². The van der Waals surface area contributed by atoms with Gasteiger partial charge in [-0.3, -0.25) is 4.79 Å². The average molecular weight is 285 g/mol. The molecular formula is C12H19N3O3S. The van der Waals surface area contributed by atoms with E-state index in [4.69, 9.17) is 5.73 Å². The number of sulfonamides is 1. The second-order valence-corrected chi connectivity index (χ2v) is 6.58. The summed E-state index contributed by atoms with van der Waals surface area (Å²) in [6.07, 6.45) is 0. The van der Waals surface area contributed by atoms with Gasteiger partial charge in [0.1, 0.15) is 6.04 Å². The second kappa shape index (κ2) is 6.65. The van der Waals surface area contributed by atoms with Crippen molar-refractivity contribution < 1.29 is 13.2 Å². The molecule has 1 rings (SSSR count). The minimum Gasteiger partial charge on any atom is -0.353 e. The Morgan fingerprint density at radius 3 is 2.42 bits per heavy atom. The maximum absolute atomic E-state index is 11.8. The van der Waals surface area contributed by atoms with Gasteiger partial charge in [-0.15, -0.1) is 0 Å². The van der Waals surface area contributed by atoms with Gasteiger partial charge in [-0.2, -0.15) is 0 Å². The smallest absolute Gasteiger partial charge is 0.241 e. The Hall–Kier alpha value is -1.44. The van der Waals surface area contributed by atoms with E-state index in [0.717, 1.165) is 4.31 Å². The molecule has 0 saturated carbocycles. The van der Waals surface area contributed by atoms with Crippen LogP contribution in [0, 0.1) is 0 Å². The van der Waals surface area contributed by atoms with Crippen molar-refractivity contribution >= 4 is 15.9 Å². The van der Waals surface area contributed by atoms with E-state index in [1.54, 1.807) is 24.3 Å². The molecule has 0 radical (unpaired) electrons. The Kier molecular flexibility index (Phi) is 5.46. The van der Waals surface area contributed by atoms with Gasteiger partial charge in [0.2, 0.25) is 15.9 Å². The van der Waals surface area contributed by atoms with Crippen LogP contribution in [0.3, 0.4) is 0 Å². The van der Waals surface area contributed by atoms with Crippen LogP contribution in [0.4, 0.5) is 0 Å². The van der Waals surface area contributed by atoms with Crippen LogP contribution in [0.1, 0.15) is 11.6 Å². The molecule has 0 saturated heterocycles. The van der Waals surface area contributed by atoms with Crippen LogP contribution >= 0.6 is 0 Å². The van der Waals surface area contributed by atoms with Gasteiger partial charge in [-0.05, 0) is 5.56 Å². The number of carbonyl (C=O) groups excluding carboxylic acids is 1. The number of nitrogens with one attached hydrogen (secondary N) is 1. The lowest BCUT2D eigenvalue weighted by Gasteiger charge is -2.14. The third-order valence-corrected chi connectivity index (χ3v) is 4.49. The van der Waals surface area contributed by atoms with E-state index in [2.05, 4.69) is 5.32 Å². The Morgan fingerprint density at radius 2 is 1.89 bits per heavy atom. The molecule has 0 aliphatic carbocycles. The van der Waals surface area contributed by atoms with E-state index in [0.29, 0.717) is 5.56 Å². The first-order chi connectivity index (χ1) is 8.84. The second-order valence-electron chi connectivity index (χ2n) is 4.28. The van der Waals surface area contributed by atoms with E-state index >= 15 is 0 Å². The summed E-state index contributed by atoms with van der Waals surface area (Å²) in [7, 11) is -0.404. The summed E-state index contributed by atoms with van der Waals surface area (Å²) in [5, 5.41) is 2.52. The molecule has 0 aliphatic rings. The Bertz CT molecular complexity index is 514. The number of benzene rings is 1. The molecule has 1 aromatic rings. The minimum absolute atomic E-state index is 0.0415. The van der Waals surface area contributed by atoms with Crippen LogP contribution in [-0.2, 0) is 14.8 Å². The number of nitrogens with zero attached hydrogens (tertiary/aromatic N) is 1. The molecule has 106 valence electrons. The molecule has 0 aromatic heterocycles. The highest BCUT2D eigenvalue weighted by atomic mass is 32.2. The first-order valence-electron chi connectivity index (χ1n) is 5.83. The predicted molar refractivity (Wildman–Crippen MR) is 73.9 cm³/mol. The van der Waals surface area contributed by atoms with Crippen LogP contribution in [0.2, 0.25) is 0 Å². The van der Waals surface area contributed by atoms with E-state index in [9.17, 15) is 13.2 Å². The van der Waals surface area contributed by atoms with Gasteiger partial charge < -0.3 is 11.1 Å². The Balaban J connectivity index is 2.49. The molecule has 1 aromatic carbocycles. The van der Waals surface area contributed by atoms with E-state index < -0.39 is 16.1 Å². The number of rotatable bonds is 6. The Labute approximate surface area is 113 Å². The molecule has 7 heteroatoms. The monoisotopic (exact) mass is 285 g/mol. The summed E-state index contributed by atoms with van der Waals surface area (Å²) in [6, 6.07) is 8.13. The predicted octanol–water partition coefficient (Wildman–Crippen LogP) is -0.306. The molecule has 0 heterocycles. The highest BCUT2D eigenvalue weighted by molar-refractivity contribution is 7.89. The summed E-state index contributed by atoms with van der Waals surface area (Å²) >= 11 is 0. The third kappa shape index (κ3) is 4.62. The van der Waals surface area contributed by atoms with Crippen molar-refractivity contribution in [2.45, 2.75) is 6.04 Å². The number of amides is 1. The van der Waals surface area contributed by atoms with Gasteiger partial charge in [-0.25, -0.2) is 12.7 Å². The van der Waals surface area contributed by atoms with Crippen LogP contribution in [-0.4, -0.2) is 45.0 Å². The molecule has 6 nitrogen and oxygen atoms in total. The summed E-state index contributed by atoms with van der Waals surface area (Å²) in [6.45, 7) is 0.0415. The van der Waals surface area contributed by atoms with Gasteiger partial charge >= 0.3 is 0 Å². The fourth-order valence-corrected chi connectivity index (χ4v) is 2.13. The van der Waals surface area contributed by atoms with Gasteiger partial charge in [-0.1, -0.05) is 30.3 Å². The quantitative estimate of drug-likeness (QED) is 0.750. The number of hydrogen-bond donors (Lipinski definition) is 2. The normalized spacial score (nSPS) is 13.3. The maximum Gasteiger partial charge on any atom is 0.241 e. The van der Waals surface area contributed by atoms with Crippen molar-refractivity contribution in [3.8, 4) is 0 Å². The number of hydrogen-bond acceptors (Lipinski definition) is 4. The topological polar surface area (TPSA) is 92.5 Å². The molecule has 19 heavy (non-hydrogen) atoms. The zero-order valence-corrected chi connectivity index (χ0v) is 11.9. The fraction of sp³-hybridized carbons (Fsp3) is 0.417. The highest BCUT2D eigenvalue weighted by Gasteiger charge is 2.17. The molecule has 1 unspecified atom stereocenters. The lowest BCUT2D eigenvalue weighted by atomic mass is 10.1. The summed E-state index contributed by atoms with van der Waals surface area (Å²) in [4.78, 5) is 11.8. The summed E-state index contributed by atoms with van der Waals surface area (Å²) < 4.78 is 24.1. The maximum atomic E-state index is 11.8. The van der Waals surface area contributed by atoms with Crippen molar-refractivity contribution in [2.75, 3.05) is 26.4 Å². The van der Waals surface area contributed by atoms with Crippen molar-refractivity contribution in [3.63, 3.8) is 0 Å². The van der Waals surface area contributed by atoms with Crippen LogP contribution < -0.4 is 11.1 Å². The van der Waals surface area contributed by atoms with Crippen LogP contribution in [0.5, 0.6) is 0 Å². The summed E-state index contributed by atoms with van der Waals surface area (Å²) in [5.41, 5.74) is 6.47. The van der Waals surface area contributed by atoms with Gasteiger partial charge in [0.25, 0.3) is 0 Å². The first kappa shape index (κ1) is 15.6. The molecule has 0 aliphatic heterocycles. The zero-order chi connectivity index (χ0) is 14.5. The van der Waals surface area contributed by atoms with E-state index in [1.807, 2.05) is 6.07 Å². The third-order valence-electron chi connectivity index (χ3n) is 2.66. The molecule has 0 fully saturated rings. The minimum atomic E-state index is -3.31. The van der Waals surface area contributed by atoms with E-state index in [1.165, 1.54) is 14.1 Å². The highest BCUT2D eigenvalue weighted by Crippen LogP contribution is 2.08. The largest absolute Gasteiger partial charge is 0.353 e.